The van der Waals surface area contributed by atoms with Crippen LogP contribution in [0.15, 0.2) is 59.0 Å². The van der Waals surface area contributed by atoms with Gasteiger partial charge in [-0.15, -0.1) is 0 Å². The van der Waals surface area contributed by atoms with Crippen molar-refractivity contribution in [3.05, 3.63) is 76.9 Å². The summed E-state index contributed by atoms with van der Waals surface area (Å²) in [5.74, 6) is 1.04. The highest BCUT2D eigenvalue weighted by atomic mass is 16.5. The largest absolute Gasteiger partial charge is 0.494 e. The molecular weight excluding hydrogens is 388 g/mol. The predicted molar refractivity (Wildman–Crippen MR) is 124 cm³/mol. The van der Waals surface area contributed by atoms with E-state index in [2.05, 4.69) is 24.1 Å². The molecule has 0 bridgehead atoms. The summed E-state index contributed by atoms with van der Waals surface area (Å²) in [6.45, 7) is 8.74. The zero-order valence-corrected chi connectivity index (χ0v) is 18.3. The molecule has 31 heavy (non-hydrogen) atoms. The number of oxazole rings is 1. The van der Waals surface area contributed by atoms with E-state index in [1.54, 1.807) is 12.1 Å². The number of nitrogens with one attached hydrogen (secondary N) is 1. The summed E-state index contributed by atoms with van der Waals surface area (Å²) in [4.78, 5) is 17.5. The first kappa shape index (κ1) is 20.7. The Kier molecular flexibility index (Phi) is 5.76. The number of ether oxygens (including phenoxy) is 1. The number of aromatic nitrogens is 1. The minimum atomic E-state index is -0.189. The second-order valence-electron chi connectivity index (χ2n) is 7.78. The lowest BCUT2D eigenvalue weighted by atomic mass is 10.1. The molecule has 0 aliphatic heterocycles. The van der Waals surface area contributed by atoms with Crippen LogP contribution in [0.25, 0.3) is 22.6 Å². The number of fused-ring (bicyclic) bond motifs is 1. The molecule has 5 nitrogen and oxygen atoms in total. The maximum Gasteiger partial charge on any atom is 0.255 e. The van der Waals surface area contributed by atoms with Gasteiger partial charge in [0.15, 0.2) is 5.58 Å². The molecule has 4 rings (SSSR count). The van der Waals surface area contributed by atoms with E-state index < -0.39 is 0 Å². The zero-order valence-electron chi connectivity index (χ0n) is 18.3. The van der Waals surface area contributed by atoms with Crippen molar-refractivity contribution in [2.75, 3.05) is 11.9 Å². The second kappa shape index (κ2) is 8.64. The highest BCUT2D eigenvalue weighted by Crippen LogP contribution is 2.29. The molecule has 0 aliphatic carbocycles. The fourth-order valence-corrected chi connectivity index (χ4v) is 3.33. The minimum Gasteiger partial charge on any atom is -0.494 e. The van der Waals surface area contributed by atoms with Gasteiger partial charge in [0.2, 0.25) is 5.89 Å². The van der Waals surface area contributed by atoms with Crippen molar-refractivity contribution in [2.45, 2.75) is 34.1 Å². The minimum absolute atomic E-state index is 0.189. The van der Waals surface area contributed by atoms with Crippen LogP contribution in [0.3, 0.4) is 0 Å². The Labute approximate surface area is 182 Å². The van der Waals surface area contributed by atoms with Crippen molar-refractivity contribution in [2.24, 2.45) is 0 Å². The van der Waals surface area contributed by atoms with Crippen LogP contribution in [0.4, 0.5) is 5.69 Å². The smallest absolute Gasteiger partial charge is 0.255 e. The summed E-state index contributed by atoms with van der Waals surface area (Å²) >= 11 is 0. The predicted octanol–water partition coefficient (Wildman–Crippen LogP) is 6.46. The molecule has 1 aromatic heterocycles. The first-order valence-corrected chi connectivity index (χ1v) is 10.5. The molecule has 0 unspecified atom stereocenters. The van der Waals surface area contributed by atoms with E-state index in [-0.39, 0.29) is 5.91 Å². The van der Waals surface area contributed by atoms with Crippen LogP contribution in [0.1, 0.15) is 40.4 Å². The molecule has 1 N–H and O–H groups in total. The zero-order chi connectivity index (χ0) is 22.0. The number of benzene rings is 3. The summed E-state index contributed by atoms with van der Waals surface area (Å²) < 4.78 is 11.6. The average Bonchev–Trinajstić information content (AvgIpc) is 3.17. The molecule has 1 amide bonds. The first-order valence-electron chi connectivity index (χ1n) is 10.5. The summed E-state index contributed by atoms with van der Waals surface area (Å²) in [5, 5.41) is 3.01. The van der Waals surface area contributed by atoms with Gasteiger partial charge in [0.05, 0.1) is 6.61 Å². The van der Waals surface area contributed by atoms with E-state index in [9.17, 15) is 4.79 Å². The number of hydrogen-bond donors (Lipinski definition) is 1. The van der Waals surface area contributed by atoms with Gasteiger partial charge in [0.1, 0.15) is 11.3 Å². The second-order valence-corrected chi connectivity index (χ2v) is 7.78. The third kappa shape index (κ3) is 4.45. The highest BCUT2D eigenvalue weighted by Gasteiger charge is 2.14. The van der Waals surface area contributed by atoms with E-state index in [1.807, 2.05) is 56.3 Å². The van der Waals surface area contributed by atoms with Crippen LogP contribution in [-0.4, -0.2) is 17.5 Å². The lowest BCUT2D eigenvalue weighted by molar-refractivity contribution is 0.102. The number of carbonyl (C=O) groups is 1. The van der Waals surface area contributed by atoms with Crippen LogP contribution in [0.5, 0.6) is 5.75 Å². The lowest BCUT2D eigenvalue weighted by Gasteiger charge is -2.11. The van der Waals surface area contributed by atoms with Gasteiger partial charge in [0.25, 0.3) is 5.91 Å². The van der Waals surface area contributed by atoms with Crippen LogP contribution in [0, 0.1) is 20.8 Å². The van der Waals surface area contributed by atoms with Crippen molar-refractivity contribution >= 4 is 22.7 Å². The van der Waals surface area contributed by atoms with E-state index in [0.29, 0.717) is 23.8 Å². The van der Waals surface area contributed by atoms with Crippen LogP contribution >= 0.6 is 0 Å². The Morgan fingerprint density at radius 2 is 1.81 bits per heavy atom. The lowest BCUT2D eigenvalue weighted by Crippen LogP contribution is -2.13. The van der Waals surface area contributed by atoms with Crippen molar-refractivity contribution in [1.29, 1.82) is 0 Å². The Morgan fingerprint density at radius 3 is 2.61 bits per heavy atom. The van der Waals surface area contributed by atoms with Crippen LogP contribution < -0.4 is 10.1 Å². The molecule has 4 aromatic rings. The number of rotatable bonds is 6. The number of anilines is 1. The van der Waals surface area contributed by atoms with Gasteiger partial charge in [-0.3, -0.25) is 4.79 Å². The van der Waals surface area contributed by atoms with Gasteiger partial charge in [-0.05, 0) is 86.3 Å². The van der Waals surface area contributed by atoms with Crippen LogP contribution in [0.2, 0.25) is 0 Å². The molecule has 1 heterocycles. The maximum absolute atomic E-state index is 12.9. The average molecular weight is 415 g/mol. The molecular formula is C26H26N2O3. The molecule has 5 heteroatoms. The monoisotopic (exact) mass is 414 g/mol. The van der Waals surface area contributed by atoms with Gasteiger partial charge >= 0.3 is 0 Å². The van der Waals surface area contributed by atoms with Crippen molar-refractivity contribution in [3.8, 4) is 17.2 Å². The highest BCUT2D eigenvalue weighted by molar-refractivity contribution is 6.05. The standard InChI is InChI=1S/C26H26N2O3/c1-5-11-30-21-8-6-7-19(14-21)25(29)27-22-15-20(10-9-16(22)2)26-28-23-12-17(3)18(4)13-24(23)31-26/h6-10,12-15H,5,11H2,1-4H3,(H,27,29). The summed E-state index contributed by atoms with van der Waals surface area (Å²) in [7, 11) is 0. The van der Waals surface area contributed by atoms with Gasteiger partial charge in [-0.25, -0.2) is 4.98 Å². The number of amides is 1. The molecule has 0 radical (unpaired) electrons. The van der Waals surface area contributed by atoms with Gasteiger partial charge in [0, 0.05) is 16.8 Å². The topological polar surface area (TPSA) is 64.4 Å². The van der Waals surface area contributed by atoms with E-state index >= 15 is 0 Å². The molecule has 0 saturated heterocycles. The van der Waals surface area contributed by atoms with Crippen molar-refractivity contribution in [1.82, 2.24) is 4.98 Å². The van der Waals surface area contributed by atoms with E-state index in [0.717, 1.165) is 39.9 Å². The molecule has 158 valence electrons. The fourth-order valence-electron chi connectivity index (χ4n) is 3.33. The molecule has 3 aromatic carbocycles. The Balaban J connectivity index is 1.60. The first-order chi connectivity index (χ1) is 14.9. The molecule has 0 fully saturated rings. The summed E-state index contributed by atoms with van der Waals surface area (Å²) in [5.41, 5.74) is 6.96. The normalized spacial score (nSPS) is 11.0. The van der Waals surface area contributed by atoms with Gasteiger partial charge < -0.3 is 14.5 Å². The van der Waals surface area contributed by atoms with E-state index in [1.165, 1.54) is 5.56 Å². The number of carbonyl (C=O) groups excluding carboxylic acids is 1. The third-order valence-electron chi connectivity index (χ3n) is 5.31. The van der Waals surface area contributed by atoms with E-state index in [4.69, 9.17) is 9.15 Å². The Morgan fingerprint density at radius 1 is 1.00 bits per heavy atom. The molecule has 0 aliphatic rings. The molecule has 0 saturated carbocycles. The summed E-state index contributed by atoms with van der Waals surface area (Å²) in [6, 6.07) is 17.1. The fraction of sp³-hybridized carbons (Fsp3) is 0.231. The third-order valence-corrected chi connectivity index (χ3v) is 5.31. The van der Waals surface area contributed by atoms with Gasteiger partial charge in [-0.2, -0.15) is 0 Å². The Hall–Kier alpha value is -3.60. The SMILES string of the molecule is CCCOc1cccc(C(=O)Nc2cc(-c3nc4cc(C)c(C)cc4o3)ccc2C)c1. The van der Waals surface area contributed by atoms with Gasteiger partial charge in [-0.1, -0.05) is 19.1 Å². The van der Waals surface area contributed by atoms with Crippen molar-refractivity contribution in [3.63, 3.8) is 0 Å². The number of nitrogens with zero attached hydrogens (tertiary/aromatic N) is 1. The van der Waals surface area contributed by atoms with Crippen molar-refractivity contribution < 1.29 is 13.9 Å². The number of hydrogen-bond acceptors (Lipinski definition) is 4. The summed E-state index contributed by atoms with van der Waals surface area (Å²) in [6.07, 6.45) is 0.914. The van der Waals surface area contributed by atoms with Crippen LogP contribution in [-0.2, 0) is 0 Å². The molecule has 0 spiro atoms. The maximum atomic E-state index is 12.9. The Bertz CT molecular complexity index is 1220. The quantitative estimate of drug-likeness (QED) is 0.393. The molecule has 0 atom stereocenters. The number of aryl methyl sites for hydroxylation is 3.